The van der Waals surface area contributed by atoms with Gasteiger partial charge in [0.2, 0.25) is 0 Å². The highest BCUT2D eigenvalue weighted by molar-refractivity contribution is 8.21. The smallest absolute Gasteiger partial charge is 0.0583 e. The lowest BCUT2D eigenvalue weighted by Crippen LogP contribution is -2.16. The van der Waals surface area contributed by atoms with Gasteiger partial charge >= 0.3 is 0 Å². The highest BCUT2D eigenvalue weighted by Gasteiger charge is 2.34. The Morgan fingerprint density at radius 2 is 1.21 bits per heavy atom. The van der Waals surface area contributed by atoms with Crippen LogP contribution < -0.4 is 0 Å². The predicted molar refractivity (Wildman–Crippen MR) is 138 cm³/mol. The van der Waals surface area contributed by atoms with E-state index in [2.05, 4.69) is 36.8 Å². The van der Waals surface area contributed by atoms with E-state index in [-0.39, 0.29) is 0 Å². The summed E-state index contributed by atoms with van der Waals surface area (Å²) in [6.45, 7) is 0.585. The molecule has 0 spiro atoms. The van der Waals surface area contributed by atoms with E-state index in [0.717, 1.165) is 23.0 Å². The standard InChI is InChI=1S/C20H30O2S6/c1-23-11-17(19-25-9-15(7-21)27-19)13-3-5-14(6-4-13)18(12-24-2)20-26-10-16(8-22)28-20/h3-6,15-22H,7-12H2,1-2H3. The molecule has 2 aliphatic heterocycles. The predicted octanol–water partition coefficient (Wildman–Crippen LogP) is 4.91. The maximum atomic E-state index is 9.49. The van der Waals surface area contributed by atoms with Gasteiger partial charge in [-0.05, 0) is 23.6 Å². The molecule has 2 aliphatic rings. The Labute approximate surface area is 195 Å². The van der Waals surface area contributed by atoms with E-state index in [1.54, 1.807) is 0 Å². The van der Waals surface area contributed by atoms with E-state index in [9.17, 15) is 10.2 Å². The molecule has 0 saturated carbocycles. The molecule has 2 nitrogen and oxygen atoms in total. The summed E-state index contributed by atoms with van der Waals surface area (Å²) in [6.07, 6.45) is 4.38. The van der Waals surface area contributed by atoms with Gasteiger partial charge in [-0.1, -0.05) is 24.3 Å². The van der Waals surface area contributed by atoms with Crippen molar-refractivity contribution in [1.29, 1.82) is 0 Å². The molecular weight excluding hydrogens is 465 g/mol. The largest absolute Gasteiger partial charge is 0.395 e. The number of aliphatic hydroxyl groups is 2. The van der Waals surface area contributed by atoms with Crippen LogP contribution in [0.2, 0.25) is 0 Å². The van der Waals surface area contributed by atoms with Crippen molar-refractivity contribution in [2.75, 3.05) is 48.7 Å². The molecule has 2 N–H and O–H groups in total. The van der Waals surface area contributed by atoms with Gasteiger partial charge in [0.05, 0.1) is 22.4 Å². The molecular formula is C20H30O2S6. The molecule has 6 unspecified atom stereocenters. The highest BCUT2D eigenvalue weighted by Crippen LogP contribution is 2.48. The van der Waals surface area contributed by atoms with Crippen molar-refractivity contribution in [3.05, 3.63) is 35.4 Å². The zero-order chi connectivity index (χ0) is 19.9. The van der Waals surface area contributed by atoms with Crippen LogP contribution in [0.4, 0.5) is 0 Å². The second kappa shape index (κ2) is 12.3. The van der Waals surface area contributed by atoms with Crippen molar-refractivity contribution in [2.45, 2.75) is 31.5 Å². The number of rotatable bonds is 10. The molecule has 6 atom stereocenters. The summed E-state index contributed by atoms with van der Waals surface area (Å²) in [5.74, 6) is 5.44. The van der Waals surface area contributed by atoms with Gasteiger partial charge in [0, 0.05) is 45.3 Å². The van der Waals surface area contributed by atoms with Crippen molar-refractivity contribution in [1.82, 2.24) is 0 Å². The van der Waals surface area contributed by atoms with Crippen LogP contribution in [0, 0.1) is 0 Å². The quantitative estimate of drug-likeness (QED) is 0.475. The first-order valence-electron chi connectivity index (χ1n) is 9.53. The fraction of sp³-hybridized carbons (Fsp3) is 0.700. The summed E-state index contributed by atoms with van der Waals surface area (Å²) >= 11 is 11.8. The molecule has 1 aromatic rings. The minimum Gasteiger partial charge on any atom is -0.395 e. The lowest BCUT2D eigenvalue weighted by Gasteiger charge is -2.25. The zero-order valence-electron chi connectivity index (χ0n) is 16.4. The van der Waals surface area contributed by atoms with Gasteiger partial charge < -0.3 is 10.2 Å². The molecule has 3 rings (SSSR count). The number of hydrogen-bond acceptors (Lipinski definition) is 8. The Kier molecular flexibility index (Phi) is 10.5. The fourth-order valence-electron chi connectivity index (χ4n) is 3.57. The summed E-state index contributed by atoms with van der Waals surface area (Å²) < 4.78 is 1.09. The van der Waals surface area contributed by atoms with Gasteiger partial charge in [-0.3, -0.25) is 0 Å². The summed E-state index contributed by atoms with van der Waals surface area (Å²) in [7, 11) is 0. The minimum absolute atomic E-state index is 0.293. The van der Waals surface area contributed by atoms with Gasteiger partial charge in [-0.25, -0.2) is 0 Å². The average molecular weight is 495 g/mol. The third-order valence-electron chi connectivity index (χ3n) is 5.10. The van der Waals surface area contributed by atoms with Crippen LogP contribution in [0.25, 0.3) is 0 Å². The average Bonchev–Trinajstić information content (AvgIpc) is 3.40. The molecule has 2 saturated heterocycles. The van der Waals surface area contributed by atoms with E-state index in [1.807, 2.05) is 70.6 Å². The topological polar surface area (TPSA) is 40.5 Å². The Bertz CT molecular complexity index is 536. The molecule has 1 aromatic carbocycles. The number of thioether (sulfide) groups is 6. The molecule has 0 aromatic heterocycles. The number of aliphatic hydroxyl groups excluding tert-OH is 2. The van der Waals surface area contributed by atoms with Gasteiger partial charge in [-0.15, -0.1) is 47.0 Å². The zero-order valence-corrected chi connectivity index (χ0v) is 21.3. The SMILES string of the molecule is CSCC(c1ccc(C(CSC)C2SCC(CO)S2)cc1)C1SCC(CO)S1. The van der Waals surface area contributed by atoms with Crippen molar-refractivity contribution in [3.8, 4) is 0 Å². The molecule has 2 fully saturated rings. The second-order valence-corrected chi connectivity index (χ2v) is 14.7. The van der Waals surface area contributed by atoms with Gasteiger partial charge in [0.1, 0.15) is 0 Å². The molecule has 8 heteroatoms. The molecule has 2 heterocycles. The first-order valence-corrected chi connectivity index (χ1v) is 16.3. The minimum atomic E-state index is 0.293. The monoisotopic (exact) mass is 494 g/mol. The van der Waals surface area contributed by atoms with Crippen LogP contribution in [0.5, 0.6) is 0 Å². The van der Waals surface area contributed by atoms with E-state index >= 15 is 0 Å². The summed E-state index contributed by atoms with van der Waals surface area (Å²) in [6, 6.07) is 9.41. The normalized spacial score (nSPS) is 29.9. The van der Waals surface area contributed by atoms with Crippen LogP contribution in [0.15, 0.2) is 24.3 Å². The lowest BCUT2D eigenvalue weighted by molar-refractivity contribution is 0.301. The van der Waals surface area contributed by atoms with Crippen LogP contribution >= 0.6 is 70.6 Å². The molecule has 0 aliphatic carbocycles. The van der Waals surface area contributed by atoms with Gasteiger partial charge in [0.15, 0.2) is 0 Å². The van der Waals surface area contributed by atoms with Crippen LogP contribution in [-0.2, 0) is 0 Å². The number of hydrogen-bond donors (Lipinski definition) is 2. The van der Waals surface area contributed by atoms with Crippen LogP contribution in [0.3, 0.4) is 0 Å². The van der Waals surface area contributed by atoms with Gasteiger partial charge in [0.25, 0.3) is 0 Å². The van der Waals surface area contributed by atoms with E-state index in [0.29, 0.717) is 44.7 Å². The second-order valence-electron chi connectivity index (χ2n) is 7.08. The molecule has 0 amide bonds. The molecule has 158 valence electrons. The van der Waals surface area contributed by atoms with Crippen molar-refractivity contribution < 1.29 is 10.2 Å². The Hall–Kier alpha value is 1.24. The van der Waals surface area contributed by atoms with E-state index in [4.69, 9.17) is 0 Å². The molecule has 0 bridgehead atoms. The number of benzene rings is 1. The molecule has 0 radical (unpaired) electrons. The Morgan fingerprint density at radius 1 is 0.821 bits per heavy atom. The van der Waals surface area contributed by atoms with Crippen LogP contribution in [0.1, 0.15) is 23.0 Å². The maximum absolute atomic E-state index is 9.49. The first-order chi connectivity index (χ1) is 13.7. The third kappa shape index (κ3) is 6.15. The van der Waals surface area contributed by atoms with Crippen molar-refractivity contribution >= 4 is 70.6 Å². The van der Waals surface area contributed by atoms with E-state index in [1.165, 1.54) is 11.1 Å². The fourth-order valence-corrected chi connectivity index (χ4v) is 12.5. The summed E-state index contributed by atoms with van der Waals surface area (Å²) in [5, 5.41) is 19.8. The first kappa shape index (κ1) is 23.9. The summed E-state index contributed by atoms with van der Waals surface area (Å²) in [4.78, 5) is 0. The molecule has 28 heavy (non-hydrogen) atoms. The van der Waals surface area contributed by atoms with Gasteiger partial charge in [-0.2, -0.15) is 23.5 Å². The highest BCUT2D eigenvalue weighted by atomic mass is 32.2. The Morgan fingerprint density at radius 3 is 1.50 bits per heavy atom. The van der Waals surface area contributed by atoms with Crippen LogP contribution in [-0.4, -0.2) is 78.6 Å². The van der Waals surface area contributed by atoms with E-state index < -0.39 is 0 Å². The van der Waals surface area contributed by atoms with Crippen molar-refractivity contribution in [3.63, 3.8) is 0 Å². The van der Waals surface area contributed by atoms with Crippen molar-refractivity contribution in [2.24, 2.45) is 0 Å². The maximum Gasteiger partial charge on any atom is 0.0583 e. The lowest BCUT2D eigenvalue weighted by atomic mass is 9.96. The third-order valence-corrected chi connectivity index (χ3v) is 13.5. The Balaban J connectivity index is 1.72. The summed E-state index contributed by atoms with van der Waals surface area (Å²) in [5.41, 5.74) is 2.87.